The number of benzene rings is 1. The van der Waals surface area contributed by atoms with E-state index in [1.807, 2.05) is 0 Å². The molecule has 1 unspecified atom stereocenters. The van der Waals surface area contributed by atoms with Crippen molar-refractivity contribution in [1.29, 1.82) is 0 Å². The van der Waals surface area contributed by atoms with Gasteiger partial charge in [-0.15, -0.1) is 0 Å². The first-order valence-corrected chi connectivity index (χ1v) is 6.01. The van der Waals surface area contributed by atoms with Crippen LogP contribution in [0.4, 0.5) is 11.4 Å². The van der Waals surface area contributed by atoms with Gasteiger partial charge in [0.2, 0.25) is 0 Å². The molecule has 2 rings (SSSR count). The largest absolute Gasteiger partial charge is 0.398 e. The highest BCUT2D eigenvalue weighted by Crippen LogP contribution is 2.23. The molecule has 1 atom stereocenters. The lowest BCUT2D eigenvalue weighted by Gasteiger charge is -2.22. The van der Waals surface area contributed by atoms with Gasteiger partial charge in [0.1, 0.15) is 0 Å². The fourth-order valence-electron chi connectivity index (χ4n) is 1.47. The van der Waals surface area contributed by atoms with Crippen LogP contribution in [0.3, 0.4) is 0 Å². The normalized spacial score (nSPS) is 19.9. The zero-order chi connectivity index (χ0) is 12.3. The Morgan fingerprint density at radius 1 is 1.47 bits per heavy atom. The minimum atomic E-state index is -0.542. The van der Waals surface area contributed by atoms with Crippen molar-refractivity contribution in [2.24, 2.45) is 0 Å². The first kappa shape index (κ1) is 12.3. The van der Waals surface area contributed by atoms with Gasteiger partial charge in [0.05, 0.1) is 19.8 Å². The van der Waals surface area contributed by atoms with Crippen LogP contribution >= 0.6 is 15.9 Å². The maximum atomic E-state index is 11.8. The monoisotopic (exact) mass is 300 g/mol. The Morgan fingerprint density at radius 3 is 2.94 bits per heavy atom. The molecule has 0 bridgehead atoms. The van der Waals surface area contributed by atoms with Gasteiger partial charge >= 0.3 is 0 Å². The molecular weight excluding hydrogens is 288 g/mol. The summed E-state index contributed by atoms with van der Waals surface area (Å²) in [5.74, 6) is -0.207. The number of halogens is 1. The van der Waals surface area contributed by atoms with Crippen LogP contribution in [-0.2, 0) is 14.3 Å². The lowest BCUT2D eigenvalue weighted by molar-refractivity contribution is -0.142. The SMILES string of the molecule is Nc1ccc(NC(=O)C2COCCO2)cc1Br. The van der Waals surface area contributed by atoms with Crippen molar-refractivity contribution in [2.45, 2.75) is 6.10 Å². The topological polar surface area (TPSA) is 73.6 Å². The van der Waals surface area contributed by atoms with Crippen LogP contribution in [0.2, 0.25) is 0 Å². The van der Waals surface area contributed by atoms with Crippen molar-refractivity contribution in [1.82, 2.24) is 0 Å². The Hall–Kier alpha value is -1.11. The molecule has 0 spiro atoms. The van der Waals surface area contributed by atoms with Crippen LogP contribution in [0.5, 0.6) is 0 Å². The molecule has 1 amide bonds. The van der Waals surface area contributed by atoms with E-state index in [0.717, 1.165) is 4.47 Å². The van der Waals surface area contributed by atoms with Crippen molar-refractivity contribution in [3.63, 3.8) is 0 Å². The molecule has 17 heavy (non-hydrogen) atoms. The standard InChI is InChI=1S/C11H13BrN2O3/c12-8-5-7(1-2-9(8)13)14-11(15)10-6-16-3-4-17-10/h1-2,5,10H,3-4,6,13H2,(H,14,15). The summed E-state index contributed by atoms with van der Waals surface area (Å²) >= 11 is 3.30. The quantitative estimate of drug-likeness (QED) is 0.810. The number of ether oxygens (including phenoxy) is 2. The summed E-state index contributed by atoms with van der Waals surface area (Å²) in [6.07, 6.45) is -0.542. The van der Waals surface area contributed by atoms with Crippen LogP contribution in [0, 0.1) is 0 Å². The van der Waals surface area contributed by atoms with E-state index in [4.69, 9.17) is 15.2 Å². The van der Waals surface area contributed by atoms with E-state index in [1.165, 1.54) is 0 Å². The molecule has 1 fully saturated rings. The highest BCUT2D eigenvalue weighted by atomic mass is 79.9. The maximum Gasteiger partial charge on any atom is 0.255 e. The van der Waals surface area contributed by atoms with Crippen molar-refractivity contribution in [3.05, 3.63) is 22.7 Å². The lowest BCUT2D eigenvalue weighted by atomic mass is 10.2. The number of carbonyl (C=O) groups excluding carboxylic acids is 1. The number of rotatable bonds is 2. The third-order valence-electron chi connectivity index (χ3n) is 2.38. The average molecular weight is 301 g/mol. The van der Waals surface area contributed by atoms with Gasteiger partial charge in [0, 0.05) is 15.8 Å². The first-order chi connectivity index (χ1) is 8.16. The predicted octanol–water partition coefficient (Wildman–Crippen LogP) is 1.39. The summed E-state index contributed by atoms with van der Waals surface area (Å²) in [6.45, 7) is 1.28. The number of nitrogen functional groups attached to an aromatic ring is 1. The number of hydrogen-bond acceptors (Lipinski definition) is 4. The fourth-order valence-corrected chi connectivity index (χ4v) is 1.85. The molecule has 1 heterocycles. The van der Waals surface area contributed by atoms with Gasteiger partial charge in [-0.3, -0.25) is 4.79 Å². The van der Waals surface area contributed by atoms with E-state index in [1.54, 1.807) is 18.2 Å². The number of hydrogen-bond donors (Lipinski definition) is 2. The van der Waals surface area contributed by atoms with Crippen LogP contribution in [0.25, 0.3) is 0 Å². The molecule has 0 radical (unpaired) electrons. The maximum absolute atomic E-state index is 11.8. The third kappa shape index (κ3) is 3.18. The molecule has 1 aromatic rings. The zero-order valence-electron chi connectivity index (χ0n) is 9.11. The summed E-state index contributed by atoms with van der Waals surface area (Å²) in [5.41, 5.74) is 6.95. The smallest absolute Gasteiger partial charge is 0.255 e. The zero-order valence-corrected chi connectivity index (χ0v) is 10.7. The van der Waals surface area contributed by atoms with Gasteiger partial charge in [0.25, 0.3) is 5.91 Å². The summed E-state index contributed by atoms with van der Waals surface area (Å²) in [5, 5.41) is 2.75. The summed E-state index contributed by atoms with van der Waals surface area (Å²) in [4.78, 5) is 11.8. The molecule has 92 valence electrons. The lowest BCUT2D eigenvalue weighted by Crippen LogP contribution is -2.39. The van der Waals surface area contributed by atoms with Crippen molar-refractivity contribution in [3.8, 4) is 0 Å². The third-order valence-corrected chi connectivity index (χ3v) is 3.06. The second-order valence-electron chi connectivity index (χ2n) is 3.66. The summed E-state index contributed by atoms with van der Waals surface area (Å²) in [6, 6.07) is 5.20. The molecule has 5 nitrogen and oxygen atoms in total. The minimum absolute atomic E-state index is 0.207. The molecule has 1 saturated heterocycles. The Morgan fingerprint density at radius 2 is 2.29 bits per heavy atom. The predicted molar refractivity (Wildman–Crippen MR) is 67.7 cm³/mol. The van der Waals surface area contributed by atoms with Gasteiger partial charge in [-0.05, 0) is 34.1 Å². The fraction of sp³-hybridized carbons (Fsp3) is 0.364. The van der Waals surface area contributed by atoms with Crippen LogP contribution in [0.15, 0.2) is 22.7 Å². The summed E-state index contributed by atoms with van der Waals surface area (Å²) < 4.78 is 11.2. The van der Waals surface area contributed by atoms with Crippen LogP contribution in [-0.4, -0.2) is 31.8 Å². The van der Waals surface area contributed by atoms with E-state index in [2.05, 4.69) is 21.2 Å². The second kappa shape index (κ2) is 5.48. The van der Waals surface area contributed by atoms with Gasteiger partial charge in [-0.1, -0.05) is 0 Å². The van der Waals surface area contributed by atoms with E-state index in [0.29, 0.717) is 31.2 Å². The van der Waals surface area contributed by atoms with E-state index < -0.39 is 6.10 Å². The Kier molecular flexibility index (Phi) is 3.98. The molecule has 1 aliphatic heterocycles. The average Bonchev–Trinajstić information content (AvgIpc) is 2.35. The Balaban J connectivity index is 1.99. The molecule has 3 N–H and O–H groups in total. The van der Waals surface area contributed by atoms with E-state index >= 15 is 0 Å². The number of nitrogens with one attached hydrogen (secondary N) is 1. The van der Waals surface area contributed by atoms with E-state index in [9.17, 15) is 4.79 Å². The second-order valence-corrected chi connectivity index (χ2v) is 4.51. The number of amides is 1. The van der Waals surface area contributed by atoms with Crippen LogP contribution < -0.4 is 11.1 Å². The first-order valence-electron chi connectivity index (χ1n) is 5.22. The molecule has 0 saturated carbocycles. The molecule has 6 heteroatoms. The van der Waals surface area contributed by atoms with Gasteiger partial charge in [-0.2, -0.15) is 0 Å². The number of carbonyl (C=O) groups is 1. The van der Waals surface area contributed by atoms with Crippen LogP contribution in [0.1, 0.15) is 0 Å². The highest BCUT2D eigenvalue weighted by Gasteiger charge is 2.22. The van der Waals surface area contributed by atoms with Gasteiger partial charge < -0.3 is 20.5 Å². The molecule has 1 aromatic carbocycles. The van der Waals surface area contributed by atoms with Crippen molar-refractivity contribution in [2.75, 3.05) is 30.9 Å². The van der Waals surface area contributed by atoms with Crippen molar-refractivity contribution < 1.29 is 14.3 Å². The molecule has 0 aliphatic carbocycles. The molecule has 0 aromatic heterocycles. The summed E-state index contributed by atoms with van der Waals surface area (Å²) in [7, 11) is 0. The number of anilines is 2. The highest BCUT2D eigenvalue weighted by molar-refractivity contribution is 9.10. The van der Waals surface area contributed by atoms with E-state index in [-0.39, 0.29) is 5.91 Å². The van der Waals surface area contributed by atoms with Gasteiger partial charge in [-0.25, -0.2) is 0 Å². The number of nitrogens with two attached hydrogens (primary N) is 1. The molecule has 1 aliphatic rings. The van der Waals surface area contributed by atoms with Crippen molar-refractivity contribution >= 4 is 33.2 Å². The Labute approximate surface area is 107 Å². The van der Waals surface area contributed by atoms with Gasteiger partial charge in [0.15, 0.2) is 6.10 Å². The Bertz CT molecular complexity index is 419. The molecular formula is C11H13BrN2O3. The minimum Gasteiger partial charge on any atom is -0.398 e.